The number of hydrogen-bond donors (Lipinski definition) is 2. The van der Waals surface area contributed by atoms with Crippen molar-refractivity contribution in [2.24, 2.45) is 5.73 Å². The quantitative estimate of drug-likeness (QED) is 0.710. The maximum Gasteiger partial charge on any atom is 0.320 e. The first-order valence-electron chi connectivity index (χ1n) is 3.55. The number of thioether (sulfide) groups is 1. The van der Waals surface area contributed by atoms with Crippen molar-refractivity contribution in [1.82, 2.24) is 0 Å². The Morgan fingerprint density at radius 1 is 1.64 bits per heavy atom. The van der Waals surface area contributed by atoms with Crippen molar-refractivity contribution in [3.63, 3.8) is 0 Å². The van der Waals surface area contributed by atoms with E-state index in [1.165, 1.54) is 0 Å². The minimum absolute atomic E-state index is 0.552. The van der Waals surface area contributed by atoms with Crippen LogP contribution in [0.25, 0.3) is 0 Å². The molecule has 0 bridgehead atoms. The van der Waals surface area contributed by atoms with Gasteiger partial charge in [-0.1, -0.05) is 0 Å². The summed E-state index contributed by atoms with van der Waals surface area (Å²) in [5.41, 5.74) is 5.19. The Hall–Kier alpha value is 0.0200. The Morgan fingerprint density at radius 2 is 2.00 bits per heavy atom. The lowest BCUT2D eigenvalue weighted by molar-refractivity contribution is -0.138. The molecule has 0 aromatic heterocycles. The second-order valence-electron chi connectivity index (χ2n) is 2.41. The van der Waals surface area contributed by atoms with Crippen molar-refractivity contribution in [3.8, 4) is 0 Å². The average molecular weight is 264 g/mol. The van der Waals surface area contributed by atoms with Crippen LogP contribution in [0.15, 0.2) is 0 Å². The van der Waals surface area contributed by atoms with Gasteiger partial charge < -0.3 is 10.8 Å². The van der Waals surface area contributed by atoms with Crippen LogP contribution in [-0.2, 0) is 13.8 Å². The summed E-state index contributed by atoms with van der Waals surface area (Å²) in [6, 6.07) is -0.683. The van der Waals surface area contributed by atoms with Crippen LogP contribution in [0.5, 0.6) is 0 Å². The second kappa shape index (κ2) is 8.34. The predicted molar refractivity (Wildman–Crippen MR) is 59.3 cm³/mol. The molecule has 3 N–H and O–H groups in total. The number of carboxylic acid groups (broad SMARTS) is 1. The van der Waals surface area contributed by atoms with Gasteiger partial charge in [-0.2, -0.15) is 11.8 Å². The van der Waals surface area contributed by atoms with Crippen LogP contribution >= 0.6 is 22.4 Å². The molecule has 0 amide bonds. The molecule has 14 heavy (non-hydrogen) atoms. The van der Waals surface area contributed by atoms with Gasteiger partial charge in [0, 0.05) is 10.7 Å². The van der Waals surface area contributed by atoms with Gasteiger partial charge in [-0.3, -0.25) is 4.79 Å². The van der Waals surface area contributed by atoms with E-state index < -0.39 is 21.1 Å². The highest BCUT2D eigenvalue weighted by Gasteiger charge is 2.08. The second-order valence-corrected chi connectivity index (χ2v) is 6.44. The monoisotopic (exact) mass is 263 g/mol. The molecule has 8 heteroatoms. The lowest BCUT2D eigenvalue weighted by Gasteiger charge is -2.02. The molecule has 0 rings (SSSR count). The van der Waals surface area contributed by atoms with E-state index in [1.54, 1.807) is 11.8 Å². The van der Waals surface area contributed by atoms with E-state index in [2.05, 4.69) is 10.7 Å². The van der Waals surface area contributed by atoms with Crippen molar-refractivity contribution < 1.29 is 18.3 Å². The zero-order valence-corrected chi connectivity index (χ0v) is 10.3. The van der Waals surface area contributed by atoms with Crippen molar-refractivity contribution in [3.05, 3.63) is 0 Å². The van der Waals surface area contributed by atoms with Crippen molar-refractivity contribution in [2.45, 2.75) is 12.5 Å². The fourth-order valence-corrected chi connectivity index (χ4v) is 0.858. The molecule has 0 saturated heterocycles. The molecular weight excluding hydrogens is 250 g/mol. The van der Waals surface area contributed by atoms with Crippen LogP contribution in [0.1, 0.15) is 6.42 Å². The number of hydrogen-bond acceptors (Lipinski definition) is 5. The maximum atomic E-state index is 10.1. The van der Waals surface area contributed by atoms with Gasteiger partial charge in [-0.25, -0.2) is 8.42 Å². The predicted octanol–water partition coefficient (Wildman–Crippen LogP) is 0.336. The molecule has 1 atom stereocenters. The van der Waals surface area contributed by atoms with Crippen molar-refractivity contribution in [1.29, 1.82) is 0 Å². The largest absolute Gasteiger partial charge is 0.480 e. The van der Waals surface area contributed by atoms with Crippen molar-refractivity contribution >= 4 is 37.5 Å². The molecule has 0 aromatic rings. The Morgan fingerprint density at radius 3 is 2.21 bits per heavy atom. The van der Waals surface area contributed by atoms with Gasteiger partial charge in [-0.15, -0.1) is 0 Å². The zero-order chi connectivity index (χ0) is 11.8. The normalized spacial score (nSPS) is 12.6. The smallest absolute Gasteiger partial charge is 0.320 e. The molecule has 5 nitrogen and oxygen atoms in total. The third-order valence-electron chi connectivity index (χ3n) is 0.950. The fourth-order valence-electron chi connectivity index (χ4n) is 0.368. The fraction of sp³-hybridized carbons (Fsp3) is 0.833. The van der Waals surface area contributed by atoms with Crippen LogP contribution in [0.3, 0.4) is 0 Å². The highest BCUT2D eigenvalue weighted by molar-refractivity contribution is 8.13. The van der Waals surface area contributed by atoms with E-state index in [-0.39, 0.29) is 0 Å². The topological polar surface area (TPSA) is 97.5 Å². The number of nitrogens with two attached hydrogens (primary N) is 1. The van der Waals surface area contributed by atoms with E-state index in [9.17, 15) is 13.2 Å². The van der Waals surface area contributed by atoms with Gasteiger partial charge in [0.15, 0.2) is 0 Å². The van der Waals surface area contributed by atoms with Gasteiger partial charge in [0.2, 0.25) is 9.05 Å². The molecule has 86 valence electrons. The molecule has 0 radical (unpaired) electrons. The van der Waals surface area contributed by atoms with Crippen LogP contribution in [0.4, 0.5) is 0 Å². The first kappa shape index (κ1) is 16.4. The number of rotatable bonds is 4. The van der Waals surface area contributed by atoms with Gasteiger partial charge in [-0.05, 0) is 18.4 Å². The first-order valence-corrected chi connectivity index (χ1v) is 7.66. The van der Waals surface area contributed by atoms with Crippen LogP contribution in [0.2, 0.25) is 0 Å². The summed E-state index contributed by atoms with van der Waals surface area (Å²) in [6.45, 7) is 0. The molecule has 0 saturated carbocycles. The van der Waals surface area contributed by atoms with Crippen LogP contribution in [0, 0.1) is 0 Å². The number of carbonyl (C=O) groups is 1. The van der Waals surface area contributed by atoms with E-state index in [0.29, 0.717) is 6.42 Å². The standard InChI is InChI=1S/C5H11NO2S.CH3ClO2S/c1-9-3-2-4(6)5(7)8;1-5(2,3)4/h4H,2-3,6H2,1H3,(H,7,8);1H3/t4-;/m0./s1. The van der Waals surface area contributed by atoms with E-state index in [1.807, 2.05) is 6.26 Å². The summed E-state index contributed by atoms with van der Waals surface area (Å²) in [4.78, 5) is 10.1. The molecule has 0 aromatic carbocycles. The summed E-state index contributed by atoms with van der Waals surface area (Å²) in [7, 11) is 1.31. The van der Waals surface area contributed by atoms with E-state index in [4.69, 9.17) is 10.8 Å². The molecule has 0 spiro atoms. The zero-order valence-electron chi connectivity index (χ0n) is 7.94. The van der Waals surface area contributed by atoms with Crippen molar-refractivity contribution in [2.75, 3.05) is 18.3 Å². The number of carboxylic acids is 1. The van der Waals surface area contributed by atoms with Gasteiger partial charge in [0.05, 0.1) is 6.26 Å². The summed E-state index contributed by atoms with van der Waals surface area (Å²) in [5.74, 6) is -0.1000. The van der Waals surface area contributed by atoms with Crippen LogP contribution < -0.4 is 5.73 Å². The number of aliphatic carboxylic acids is 1. The molecule has 0 aliphatic rings. The minimum atomic E-state index is -3.19. The number of halogens is 1. The minimum Gasteiger partial charge on any atom is -0.480 e. The van der Waals surface area contributed by atoms with E-state index >= 15 is 0 Å². The Balaban J connectivity index is 0. The summed E-state index contributed by atoms with van der Waals surface area (Å²) in [5, 5.41) is 8.27. The molecule has 0 unspecified atom stereocenters. The summed E-state index contributed by atoms with van der Waals surface area (Å²) in [6.07, 6.45) is 3.40. The van der Waals surface area contributed by atoms with Gasteiger partial charge >= 0.3 is 5.97 Å². The molecular formula is C6H14ClNO4S2. The molecule has 0 fully saturated rings. The summed E-state index contributed by atoms with van der Waals surface area (Å²) < 4.78 is 18.8. The highest BCUT2D eigenvalue weighted by Crippen LogP contribution is 1.97. The lowest BCUT2D eigenvalue weighted by atomic mass is 10.2. The molecule has 0 heterocycles. The molecule has 0 aliphatic carbocycles. The SMILES string of the molecule is CS(=O)(=O)Cl.CSCC[C@H](N)C(=O)O. The Bertz CT molecular complexity index is 247. The highest BCUT2D eigenvalue weighted by atomic mass is 35.7. The maximum absolute atomic E-state index is 10.1. The average Bonchev–Trinajstić information content (AvgIpc) is 1.96. The third-order valence-corrected chi connectivity index (χ3v) is 1.59. The van der Waals surface area contributed by atoms with Gasteiger partial charge in [0.25, 0.3) is 0 Å². The molecule has 0 aliphatic heterocycles. The first-order chi connectivity index (χ1) is 6.18. The van der Waals surface area contributed by atoms with Gasteiger partial charge in [0.1, 0.15) is 6.04 Å². The Labute approximate surface area is 92.4 Å². The lowest BCUT2D eigenvalue weighted by Crippen LogP contribution is -2.30. The summed E-state index contributed by atoms with van der Waals surface area (Å²) >= 11 is 1.60. The Kier molecular flexibility index (Phi) is 9.80. The third kappa shape index (κ3) is 22.7. The van der Waals surface area contributed by atoms with Crippen LogP contribution in [-0.4, -0.2) is 43.8 Å². The van der Waals surface area contributed by atoms with E-state index in [0.717, 1.165) is 12.0 Å².